The maximum Gasteiger partial charge on any atom is 0.161 e. The minimum absolute atomic E-state index is 0.0107. The maximum atomic E-state index is 5.60. The largest absolute Gasteiger partial charge is 0.490 e. The molecule has 1 aromatic rings. The van der Waals surface area contributed by atoms with Gasteiger partial charge in [0.15, 0.2) is 11.5 Å². The molecule has 0 amide bonds. The van der Waals surface area contributed by atoms with Crippen LogP contribution >= 0.6 is 0 Å². The molecular weight excluding hydrogens is 178 g/mol. The van der Waals surface area contributed by atoms with Gasteiger partial charge in [0.25, 0.3) is 0 Å². The Hall–Kier alpha value is -1.22. The molecule has 1 rings (SSSR count). The summed E-state index contributed by atoms with van der Waals surface area (Å²) in [7, 11) is 0. The number of nitrogens with two attached hydrogens (primary N) is 1. The Labute approximate surface area is 84.8 Å². The smallest absolute Gasteiger partial charge is 0.161 e. The fourth-order valence-corrected chi connectivity index (χ4v) is 1.09. The molecule has 0 heterocycles. The van der Waals surface area contributed by atoms with Crippen molar-refractivity contribution in [1.82, 2.24) is 0 Å². The van der Waals surface area contributed by atoms with Gasteiger partial charge in [-0.2, -0.15) is 0 Å². The normalized spacial score (nSPS) is 12.2. The molecule has 0 spiro atoms. The van der Waals surface area contributed by atoms with E-state index in [2.05, 4.69) is 0 Å². The Morgan fingerprint density at radius 1 is 1.29 bits per heavy atom. The van der Waals surface area contributed by atoms with E-state index in [4.69, 9.17) is 15.2 Å². The van der Waals surface area contributed by atoms with Crippen LogP contribution in [-0.2, 0) is 0 Å². The molecule has 0 bridgehead atoms. The van der Waals surface area contributed by atoms with Gasteiger partial charge in [0.1, 0.15) is 6.10 Å². The molecule has 0 aliphatic heterocycles. The maximum absolute atomic E-state index is 5.60. The number of para-hydroxylation sites is 2. The molecule has 1 atom stereocenters. The Kier molecular flexibility index (Phi) is 4.26. The highest BCUT2D eigenvalue weighted by molar-refractivity contribution is 5.39. The van der Waals surface area contributed by atoms with Crippen molar-refractivity contribution < 1.29 is 9.47 Å². The SMILES string of the molecule is CCOc1ccccc1OC(C)CN. The van der Waals surface area contributed by atoms with Crippen LogP contribution in [0.2, 0.25) is 0 Å². The van der Waals surface area contributed by atoms with E-state index in [0.717, 1.165) is 11.5 Å². The Balaban J connectivity index is 2.73. The second-order valence-corrected chi connectivity index (χ2v) is 3.04. The van der Waals surface area contributed by atoms with E-state index in [1.165, 1.54) is 0 Å². The second-order valence-electron chi connectivity index (χ2n) is 3.04. The van der Waals surface area contributed by atoms with Gasteiger partial charge < -0.3 is 15.2 Å². The summed E-state index contributed by atoms with van der Waals surface area (Å²) in [5.41, 5.74) is 5.48. The number of benzene rings is 1. The molecule has 0 aliphatic rings. The molecule has 0 saturated heterocycles. The van der Waals surface area contributed by atoms with Crippen LogP contribution in [0.4, 0.5) is 0 Å². The molecule has 0 aromatic heterocycles. The van der Waals surface area contributed by atoms with Gasteiger partial charge in [-0.25, -0.2) is 0 Å². The fraction of sp³-hybridized carbons (Fsp3) is 0.455. The minimum atomic E-state index is 0.0107. The predicted molar refractivity (Wildman–Crippen MR) is 56.8 cm³/mol. The molecular formula is C11H17NO2. The lowest BCUT2D eigenvalue weighted by Crippen LogP contribution is -2.23. The molecule has 1 aromatic carbocycles. The lowest BCUT2D eigenvalue weighted by Gasteiger charge is -2.15. The summed E-state index contributed by atoms with van der Waals surface area (Å²) >= 11 is 0. The number of rotatable bonds is 5. The van der Waals surface area contributed by atoms with E-state index in [1.54, 1.807) is 0 Å². The number of hydrogen-bond acceptors (Lipinski definition) is 3. The zero-order valence-electron chi connectivity index (χ0n) is 8.69. The lowest BCUT2D eigenvalue weighted by molar-refractivity contribution is 0.214. The lowest BCUT2D eigenvalue weighted by atomic mass is 10.3. The van der Waals surface area contributed by atoms with Gasteiger partial charge in [-0.1, -0.05) is 12.1 Å². The van der Waals surface area contributed by atoms with Crippen molar-refractivity contribution in [3.05, 3.63) is 24.3 Å². The van der Waals surface area contributed by atoms with Crippen molar-refractivity contribution in [2.24, 2.45) is 5.73 Å². The first-order valence-corrected chi connectivity index (χ1v) is 4.86. The summed E-state index contributed by atoms with van der Waals surface area (Å²) in [6, 6.07) is 7.62. The van der Waals surface area contributed by atoms with Gasteiger partial charge in [0, 0.05) is 6.54 Å². The van der Waals surface area contributed by atoms with Crippen LogP contribution in [0, 0.1) is 0 Å². The third-order valence-electron chi connectivity index (χ3n) is 1.81. The highest BCUT2D eigenvalue weighted by atomic mass is 16.5. The standard InChI is InChI=1S/C11H17NO2/c1-3-13-10-6-4-5-7-11(10)14-9(2)8-12/h4-7,9H,3,8,12H2,1-2H3. The monoisotopic (exact) mass is 195 g/mol. The first kappa shape index (κ1) is 10.9. The average molecular weight is 195 g/mol. The van der Waals surface area contributed by atoms with Crippen molar-refractivity contribution >= 4 is 0 Å². The quantitative estimate of drug-likeness (QED) is 0.779. The summed E-state index contributed by atoms with van der Waals surface area (Å²) in [6.45, 7) is 5.02. The van der Waals surface area contributed by atoms with Crippen LogP contribution in [0.5, 0.6) is 11.5 Å². The average Bonchev–Trinajstić information content (AvgIpc) is 2.21. The molecule has 0 saturated carbocycles. The predicted octanol–water partition coefficient (Wildman–Crippen LogP) is 1.81. The molecule has 0 radical (unpaired) electrons. The molecule has 0 aliphatic carbocycles. The molecule has 1 unspecified atom stereocenters. The molecule has 3 nitrogen and oxygen atoms in total. The summed E-state index contributed by atoms with van der Waals surface area (Å²) < 4.78 is 11.0. The molecule has 0 fully saturated rings. The van der Waals surface area contributed by atoms with E-state index in [9.17, 15) is 0 Å². The molecule has 2 N–H and O–H groups in total. The number of ether oxygens (including phenoxy) is 2. The molecule has 3 heteroatoms. The van der Waals surface area contributed by atoms with Crippen LogP contribution in [0.3, 0.4) is 0 Å². The van der Waals surface area contributed by atoms with Gasteiger partial charge >= 0.3 is 0 Å². The number of hydrogen-bond donors (Lipinski definition) is 1. The van der Waals surface area contributed by atoms with Crippen molar-refractivity contribution in [3.8, 4) is 11.5 Å². The van der Waals surface area contributed by atoms with Crippen molar-refractivity contribution in [2.75, 3.05) is 13.2 Å². The van der Waals surface area contributed by atoms with E-state index in [1.807, 2.05) is 38.1 Å². The summed E-state index contributed by atoms with van der Waals surface area (Å²) in [5, 5.41) is 0. The third-order valence-corrected chi connectivity index (χ3v) is 1.81. The van der Waals surface area contributed by atoms with E-state index >= 15 is 0 Å². The van der Waals surface area contributed by atoms with Gasteiger partial charge in [-0.3, -0.25) is 0 Å². The fourth-order valence-electron chi connectivity index (χ4n) is 1.09. The highest BCUT2D eigenvalue weighted by Crippen LogP contribution is 2.26. The minimum Gasteiger partial charge on any atom is -0.490 e. The Bertz CT molecular complexity index is 276. The van der Waals surface area contributed by atoms with Crippen molar-refractivity contribution in [1.29, 1.82) is 0 Å². The van der Waals surface area contributed by atoms with Crippen LogP contribution in [0.25, 0.3) is 0 Å². The first-order chi connectivity index (χ1) is 6.77. The first-order valence-electron chi connectivity index (χ1n) is 4.86. The Morgan fingerprint density at radius 2 is 1.93 bits per heavy atom. The van der Waals surface area contributed by atoms with Crippen LogP contribution in [-0.4, -0.2) is 19.3 Å². The van der Waals surface area contributed by atoms with Gasteiger partial charge in [0.2, 0.25) is 0 Å². The molecule has 14 heavy (non-hydrogen) atoms. The molecule has 78 valence electrons. The zero-order chi connectivity index (χ0) is 10.4. The van der Waals surface area contributed by atoms with Crippen LogP contribution in [0.15, 0.2) is 24.3 Å². The zero-order valence-corrected chi connectivity index (χ0v) is 8.69. The summed E-state index contributed by atoms with van der Waals surface area (Å²) in [5.74, 6) is 1.53. The van der Waals surface area contributed by atoms with Crippen LogP contribution in [0.1, 0.15) is 13.8 Å². The Morgan fingerprint density at radius 3 is 2.50 bits per heavy atom. The van der Waals surface area contributed by atoms with E-state index in [0.29, 0.717) is 13.2 Å². The van der Waals surface area contributed by atoms with E-state index < -0.39 is 0 Å². The van der Waals surface area contributed by atoms with Gasteiger partial charge in [-0.15, -0.1) is 0 Å². The topological polar surface area (TPSA) is 44.5 Å². The van der Waals surface area contributed by atoms with Gasteiger partial charge in [0.05, 0.1) is 6.61 Å². The van der Waals surface area contributed by atoms with Gasteiger partial charge in [-0.05, 0) is 26.0 Å². The summed E-state index contributed by atoms with van der Waals surface area (Å²) in [6.07, 6.45) is 0.0107. The second kappa shape index (κ2) is 5.50. The van der Waals surface area contributed by atoms with Crippen LogP contribution < -0.4 is 15.2 Å². The van der Waals surface area contributed by atoms with Crippen molar-refractivity contribution in [3.63, 3.8) is 0 Å². The summed E-state index contributed by atoms with van der Waals surface area (Å²) in [4.78, 5) is 0. The highest BCUT2D eigenvalue weighted by Gasteiger charge is 2.06. The van der Waals surface area contributed by atoms with E-state index in [-0.39, 0.29) is 6.10 Å². The van der Waals surface area contributed by atoms with Crippen molar-refractivity contribution in [2.45, 2.75) is 20.0 Å². The third kappa shape index (κ3) is 2.92.